The Kier molecular flexibility index (Phi) is 13.7. The number of anilines is 3. The van der Waals surface area contributed by atoms with E-state index in [1.807, 2.05) is 30.4 Å². The highest BCUT2D eigenvalue weighted by Gasteiger charge is 2.24. The van der Waals surface area contributed by atoms with E-state index in [1.165, 1.54) is 81.4 Å². The minimum Gasteiger partial charge on any atom is -0.310 e. The number of para-hydroxylation sites is 1. The predicted molar refractivity (Wildman–Crippen MR) is 313 cm³/mol. The Bertz CT molecular complexity index is 3630. The highest BCUT2D eigenvalue weighted by atomic mass is 32.1. The van der Waals surface area contributed by atoms with Crippen molar-refractivity contribution in [1.82, 2.24) is 4.57 Å². The summed E-state index contributed by atoms with van der Waals surface area (Å²) in [5.74, 6) is 0. The fraction of sp³-hybridized carbons (Fsp3) is 0.147. The molecule has 0 atom stereocenters. The summed E-state index contributed by atoms with van der Waals surface area (Å²) in [5, 5.41) is 3.80. The average molecular weight is 939 g/mol. The molecular formula is C68H62N2S. The number of aromatic nitrogens is 1. The highest BCUT2D eigenvalue weighted by Crippen LogP contribution is 2.48. The molecule has 0 radical (unpaired) electrons. The molecule has 2 aromatic heterocycles. The van der Waals surface area contributed by atoms with Gasteiger partial charge in [-0.05, 0) is 181 Å². The van der Waals surface area contributed by atoms with Gasteiger partial charge in [0.05, 0.1) is 16.7 Å². The fourth-order valence-corrected chi connectivity index (χ4v) is 12.0. The Balaban J connectivity index is 1.17. The molecule has 7 aromatic carbocycles. The Labute approximate surface area is 425 Å². The third-order valence-electron chi connectivity index (χ3n) is 14.3. The van der Waals surface area contributed by atoms with Gasteiger partial charge in [0, 0.05) is 48.4 Å². The Hall–Kier alpha value is -7.72. The van der Waals surface area contributed by atoms with Gasteiger partial charge in [0.1, 0.15) is 0 Å². The van der Waals surface area contributed by atoms with Crippen LogP contribution in [0.5, 0.6) is 0 Å². The molecule has 1 aliphatic rings. The van der Waals surface area contributed by atoms with Crippen LogP contribution in [0, 0.1) is 6.92 Å². The summed E-state index contributed by atoms with van der Waals surface area (Å²) >= 11 is 1.95. The lowest BCUT2D eigenvalue weighted by Crippen LogP contribution is -2.13. The van der Waals surface area contributed by atoms with E-state index in [4.69, 9.17) is 0 Å². The zero-order valence-electron chi connectivity index (χ0n) is 41.8. The molecule has 10 rings (SSSR count). The molecule has 0 N–H and O–H groups in total. The second kappa shape index (κ2) is 20.7. The van der Waals surface area contributed by atoms with Crippen LogP contribution in [-0.2, 0) is 12.8 Å². The number of fused-ring (bicyclic) bond motifs is 6. The number of benzene rings is 7. The largest absolute Gasteiger partial charge is 0.310 e. The van der Waals surface area contributed by atoms with Gasteiger partial charge in [-0.15, -0.1) is 11.3 Å². The van der Waals surface area contributed by atoms with E-state index >= 15 is 0 Å². The number of thiophene rings is 1. The zero-order valence-corrected chi connectivity index (χ0v) is 42.6. The van der Waals surface area contributed by atoms with Crippen molar-refractivity contribution in [2.24, 2.45) is 0 Å². The second-order valence-electron chi connectivity index (χ2n) is 18.6. The summed E-state index contributed by atoms with van der Waals surface area (Å²) in [5.41, 5.74) is 21.5. The van der Waals surface area contributed by atoms with Crippen molar-refractivity contribution in [2.75, 3.05) is 4.90 Å². The molecule has 71 heavy (non-hydrogen) atoms. The van der Waals surface area contributed by atoms with E-state index in [-0.39, 0.29) is 0 Å². The molecular weight excluding hydrogens is 877 g/mol. The van der Waals surface area contributed by atoms with Gasteiger partial charge in [0.15, 0.2) is 0 Å². The molecule has 1 aliphatic carbocycles. The van der Waals surface area contributed by atoms with Crippen molar-refractivity contribution in [3.8, 4) is 33.4 Å². The number of unbranched alkanes of at least 4 members (excludes halogenated alkanes) is 1. The first-order chi connectivity index (χ1) is 34.9. The molecule has 0 fully saturated rings. The highest BCUT2D eigenvalue weighted by molar-refractivity contribution is 7.19. The smallest absolute Gasteiger partial charge is 0.0547 e. The number of rotatable bonds is 15. The van der Waals surface area contributed by atoms with Gasteiger partial charge in [0.2, 0.25) is 0 Å². The number of hydrogen-bond acceptors (Lipinski definition) is 2. The summed E-state index contributed by atoms with van der Waals surface area (Å²) in [7, 11) is 0. The first-order valence-corrected chi connectivity index (χ1v) is 26.1. The lowest BCUT2D eigenvalue weighted by Gasteiger charge is -2.31. The summed E-state index contributed by atoms with van der Waals surface area (Å²) < 4.78 is 3.70. The van der Waals surface area contributed by atoms with Gasteiger partial charge in [0.25, 0.3) is 0 Å². The van der Waals surface area contributed by atoms with E-state index in [2.05, 4.69) is 238 Å². The maximum Gasteiger partial charge on any atom is 0.0547 e. The molecule has 0 bridgehead atoms. The second-order valence-corrected chi connectivity index (χ2v) is 19.7. The van der Waals surface area contributed by atoms with Crippen LogP contribution in [0.3, 0.4) is 0 Å². The zero-order chi connectivity index (χ0) is 49.0. The average Bonchev–Trinajstić information content (AvgIpc) is 3.95. The summed E-state index contributed by atoms with van der Waals surface area (Å²) in [4.78, 5) is 3.98. The van der Waals surface area contributed by atoms with Crippen molar-refractivity contribution in [3.63, 3.8) is 0 Å². The topological polar surface area (TPSA) is 8.17 Å². The van der Waals surface area contributed by atoms with Crippen LogP contribution in [0.25, 0.3) is 82.6 Å². The molecule has 0 spiro atoms. The number of aryl methyl sites for hydroxylation is 2. The van der Waals surface area contributed by atoms with Gasteiger partial charge in [-0.1, -0.05) is 160 Å². The van der Waals surface area contributed by atoms with E-state index in [1.54, 1.807) is 0 Å². The van der Waals surface area contributed by atoms with E-state index < -0.39 is 0 Å². The first kappa shape index (κ1) is 47.0. The monoisotopic (exact) mass is 938 g/mol. The number of allylic oxidation sites excluding steroid dienone is 11. The molecule has 2 heterocycles. The minimum atomic E-state index is 1.01. The van der Waals surface area contributed by atoms with Gasteiger partial charge in [-0.2, -0.15) is 0 Å². The Morgan fingerprint density at radius 3 is 2.18 bits per heavy atom. The van der Waals surface area contributed by atoms with Gasteiger partial charge in [-0.25, -0.2) is 0 Å². The Morgan fingerprint density at radius 2 is 1.44 bits per heavy atom. The molecule has 0 saturated heterocycles. The van der Waals surface area contributed by atoms with Gasteiger partial charge in [-0.3, -0.25) is 0 Å². The predicted octanol–water partition coefficient (Wildman–Crippen LogP) is 20.2. The van der Waals surface area contributed by atoms with Crippen LogP contribution in [0.1, 0.15) is 74.1 Å². The maximum atomic E-state index is 4.34. The fourth-order valence-electron chi connectivity index (χ4n) is 10.8. The molecule has 0 saturated carbocycles. The van der Waals surface area contributed by atoms with E-state index in [0.29, 0.717) is 0 Å². The van der Waals surface area contributed by atoms with Crippen molar-refractivity contribution >= 4 is 77.6 Å². The van der Waals surface area contributed by atoms with Crippen LogP contribution < -0.4 is 4.90 Å². The SMILES string of the molecule is C=C/C(=C\C=C/C)n1c2ccccc2c2c(-c3ccc(N(c4ccc(-c5ccc6sc7c(c6c5)C=CCC7)cc4)c4ccc(/C(C=C)=C(C)/C=C\C)c(C)c4-c4ccccc4CCCC)cc3)cccc21. The van der Waals surface area contributed by atoms with Crippen molar-refractivity contribution < 1.29 is 0 Å². The van der Waals surface area contributed by atoms with Crippen LogP contribution in [0.4, 0.5) is 17.1 Å². The normalized spacial score (nSPS) is 13.2. The summed E-state index contributed by atoms with van der Waals surface area (Å²) in [6, 6.07) is 54.6. The van der Waals surface area contributed by atoms with Crippen LogP contribution in [0.2, 0.25) is 0 Å². The minimum absolute atomic E-state index is 1.01. The molecule has 350 valence electrons. The van der Waals surface area contributed by atoms with Gasteiger partial charge >= 0.3 is 0 Å². The molecule has 2 nitrogen and oxygen atoms in total. The van der Waals surface area contributed by atoms with E-state index in [9.17, 15) is 0 Å². The maximum absolute atomic E-state index is 4.34. The first-order valence-electron chi connectivity index (χ1n) is 25.3. The lowest BCUT2D eigenvalue weighted by atomic mass is 9.86. The van der Waals surface area contributed by atoms with Crippen LogP contribution in [-0.4, -0.2) is 4.57 Å². The van der Waals surface area contributed by atoms with Crippen LogP contribution in [0.15, 0.2) is 213 Å². The van der Waals surface area contributed by atoms with Crippen molar-refractivity contribution in [2.45, 2.75) is 66.7 Å². The van der Waals surface area contributed by atoms with E-state index in [0.717, 1.165) is 77.0 Å². The molecule has 0 aliphatic heterocycles. The standard InChI is InChI=1S/C68H62N2S/c1-8-13-23-49-24-15-16-26-57(49)67-47(7)56(55(12-5)46(6)22-10-3)42-43-64(67)69(53-38-33-48(34-39-53)51-37-44-66-61(45-51)59-27-18-20-32-65(59)71-66)54-40-35-50(36-41-54)58-29-21-31-63-68(58)60-28-17-19-30-62(60)70(63)52(11-4)25-14-9-2/h9-12,14-19,21-22,24-31,33-45H,4-5,8,13,20,23,32H2,1-3,6-7H3/b14-9-,22-10-,52-25+,55-46+. The number of nitrogens with zero attached hydrogens (tertiary/aromatic N) is 2. The lowest BCUT2D eigenvalue weighted by molar-refractivity contribution is 0.796. The third-order valence-corrected chi connectivity index (χ3v) is 15.5. The van der Waals surface area contributed by atoms with Crippen molar-refractivity contribution in [1.29, 1.82) is 0 Å². The summed E-state index contributed by atoms with van der Waals surface area (Å²) in [6.07, 6.45) is 24.7. The molecule has 3 heteroatoms. The van der Waals surface area contributed by atoms with Gasteiger partial charge < -0.3 is 9.47 Å². The van der Waals surface area contributed by atoms with Crippen molar-refractivity contribution in [3.05, 3.63) is 240 Å². The number of hydrogen-bond donors (Lipinski definition) is 0. The molecule has 0 amide bonds. The summed E-state index contributed by atoms with van der Waals surface area (Å²) in [6.45, 7) is 19.5. The molecule has 0 unspecified atom stereocenters. The Morgan fingerprint density at radius 1 is 0.718 bits per heavy atom. The quantitative estimate of drug-likeness (QED) is 0.0930. The third kappa shape index (κ3) is 8.81. The molecule has 9 aromatic rings. The van der Waals surface area contributed by atoms with Crippen LogP contribution >= 0.6 is 11.3 Å².